The molecular weight excluding hydrogens is 328 g/mol. The van der Waals surface area contributed by atoms with E-state index in [1.54, 1.807) is 7.11 Å². The van der Waals surface area contributed by atoms with E-state index in [-0.39, 0.29) is 17.6 Å². The van der Waals surface area contributed by atoms with Gasteiger partial charge in [0.1, 0.15) is 5.75 Å². The summed E-state index contributed by atoms with van der Waals surface area (Å²) in [4.78, 5) is 17.5. The van der Waals surface area contributed by atoms with Crippen molar-refractivity contribution in [1.82, 2.24) is 9.80 Å². The summed E-state index contributed by atoms with van der Waals surface area (Å²) in [5.41, 5.74) is 1.04. The number of methoxy groups -OCH3 is 1. The second-order valence-corrected chi connectivity index (χ2v) is 8.04. The van der Waals surface area contributed by atoms with E-state index < -0.39 is 0 Å². The minimum absolute atomic E-state index is 0.171. The van der Waals surface area contributed by atoms with Crippen LogP contribution < -0.4 is 4.74 Å². The molecule has 0 N–H and O–H groups in total. The summed E-state index contributed by atoms with van der Waals surface area (Å²) < 4.78 is 11.1. The molecule has 1 unspecified atom stereocenters. The van der Waals surface area contributed by atoms with E-state index in [1.807, 2.05) is 12.1 Å². The molecule has 1 aromatic carbocycles. The molecule has 26 heavy (non-hydrogen) atoms. The van der Waals surface area contributed by atoms with Gasteiger partial charge >= 0.3 is 0 Å². The summed E-state index contributed by atoms with van der Waals surface area (Å²) in [5, 5.41) is 0. The number of amides is 1. The van der Waals surface area contributed by atoms with Crippen molar-refractivity contribution in [2.75, 3.05) is 39.9 Å². The van der Waals surface area contributed by atoms with E-state index in [0.717, 1.165) is 38.2 Å². The van der Waals surface area contributed by atoms with Crippen molar-refractivity contribution < 1.29 is 14.3 Å². The van der Waals surface area contributed by atoms with E-state index in [4.69, 9.17) is 9.47 Å². The summed E-state index contributed by atoms with van der Waals surface area (Å²) in [5.74, 6) is 1.10. The zero-order valence-electron chi connectivity index (χ0n) is 16.4. The molecule has 0 bridgehead atoms. The number of benzene rings is 1. The lowest BCUT2D eigenvalue weighted by atomic mass is 10.0. The average molecular weight is 360 g/mol. The van der Waals surface area contributed by atoms with Crippen LogP contribution in [0.3, 0.4) is 0 Å². The SMILES string of the molecule is COc1ccc(C2CCCCCN2C(=O)CN2CCOC(C)(C)C2)cc1. The smallest absolute Gasteiger partial charge is 0.237 e. The highest BCUT2D eigenvalue weighted by atomic mass is 16.5. The van der Waals surface area contributed by atoms with Gasteiger partial charge in [-0.2, -0.15) is 0 Å². The zero-order valence-corrected chi connectivity index (χ0v) is 16.4. The molecule has 0 aromatic heterocycles. The Bertz CT molecular complexity index is 600. The van der Waals surface area contributed by atoms with Crippen LogP contribution in [0.2, 0.25) is 0 Å². The first-order valence-corrected chi connectivity index (χ1v) is 9.78. The van der Waals surface area contributed by atoms with Crippen molar-refractivity contribution in [3.8, 4) is 5.75 Å². The van der Waals surface area contributed by atoms with Gasteiger partial charge in [-0.3, -0.25) is 9.69 Å². The molecule has 2 heterocycles. The minimum atomic E-state index is -0.174. The van der Waals surface area contributed by atoms with Gasteiger partial charge in [0.05, 0.1) is 31.9 Å². The third-order valence-electron chi connectivity index (χ3n) is 5.44. The van der Waals surface area contributed by atoms with Crippen molar-refractivity contribution in [2.45, 2.75) is 51.2 Å². The predicted molar refractivity (Wildman–Crippen MR) is 102 cm³/mol. The van der Waals surface area contributed by atoms with Gasteiger partial charge < -0.3 is 14.4 Å². The van der Waals surface area contributed by atoms with Gasteiger partial charge in [-0.05, 0) is 44.4 Å². The lowest BCUT2D eigenvalue weighted by molar-refractivity contribution is -0.139. The number of carbonyl (C=O) groups is 1. The largest absolute Gasteiger partial charge is 0.497 e. The Morgan fingerprint density at radius 2 is 1.96 bits per heavy atom. The van der Waals surface area contributed by atoms with Gasteiger partial charge in [0, 0.05) is 19.6 Å². The van der Waals surface area contributed by atoms with Crippen LogP contribution in [0.25, 0.3) is 0 Å². The van der Waals surface area contributed by atoms with E-state index in [2.05, 4.69) is 35.8 Å². The highest BCUT2D eigenvalue weighted by Gasteiger charge is 2.32. The predicted octanol–water partition coefficient (Wildman–Crippen LogP) is 3.25. The first-order valence-electron chi connectivity index (χ1n) is 9.78. The number of rotatable bonds is 4. The highest BCUT2D eigenvalue weighted by Crippen LogP contribution is 2.31. The maximum atomic E-state index is 13.2. The lowest BCUT2D eigenvalue weighted by Crippen LogP contribution is -2.52. The summed E-state index contributed by atoms with van der Waals surface area (Å²) in [6.07, 6.45) is 4.49. The lowest BCUT2D eigenvalue weighted by Gasteiger charge is -2.39. The number of carbonyl (C=O) groups excluding carboxylic acids is 1. The molecule has 2 aliphatic rings. The molecule has 144 valence electrons. The van der Waals surface area contributed by atoms with E-state index in [1.165, 1.54) is 18.4 Å². The fraction of sp³-hybridized carbons (Fsp3) is 0.667. The average Bonchev–Trinajstić information content (AvgIpc) is 2.87. The Labute approximate surface area is 157 Å². The Morgan fingerprint density at radius 3 is 2.65 bits per heavy atom. The molecule has 5 heteroatoms. The molecule has 0 spiro atoms. The van der Waals surface area contributed by atoms with E-state index >= 15 is 0 Å². The van der Waals surface area contributed by atoms with Crippen LogP contribution in [-0.4, -0.2) is 61.2 Å². The maximum Gasteiger partial charge on any atom is 0.237 e. The van der Waals surface area contributed by atoms with Gasteiger partial charge in [-0.15, -0.1) is 0 Å². The normalized spacial score (nSPS) is 24.1. The van der Waals surface area contributed by atoms with Crippen molar-refractivity contribution in [2.24, 2.45) is 0 Å². The first kappa shape index (κ1) is 19.2. The zero-order chi connectivity index (χ0) is 18.6. The summed E-state index contributed by atoms with van der Waals surface area (Å²) >= 11 is 0. The number of nitrogens with zero attached hydrogens (tertiary/aromatic N) is 2. The monoisotopic (exact) mass is 360 g/mol. The molecule has 1 aromatic rings. The number of hydrogen-bond donors (Lipinski definition) is 0. The van der Waals surface area contributed by atoms with Gasteiger partial charge in [0.2, 0.25) is 5.91 Å². The van der Waals surface area contributed by atoms with Crippen LogP contribution in [0.5, 0.6) is 5.75 Å². The van der Waals surface area contributed by atoms with Crippen LogP contribution in [-0.2, 0) is 9.53 Å². The number of hydrogen-bond acceptors (Lipinski definition) is 4. The van der Waals surface area contributed by atoms with E-state index in [0.29, 0.717) is 13.2 Å². The van der Waals surface area contributed by atoms with Crippen molar-refractivity contribution >= 4 is 5.91 Å². The Balaban J connectivity index is 1.72. The van der Waals surface area contributed by atoms with Gasteiger partial charge in [-0.25, -0.2) is 0 Å². The molecule has 2 saturated heterocycles. The standard InChI is InChI=1S/C21H32N2O3/c1-21(2)16-22(13-14-26-21)15-20(24)23-12-6-4-5-7-19(23)17-8-10-18(25-3)11-9-17/h8-11,19H,4-7,12-16H2,1-3H3. The number of ether oxygens (including phenoxy) is 2. The topological polar surface area (TPSA) is 42.0 Å². The molecule has 2 fully saturated rings. The van der Waals surface area contributed by atoms with Gasteiger partial charge in [-0.1, -0.05) is 25.0 Å². The first-order chi connectivity index (χ1) is 12.5. The van der Waals surface area contributed by atoms with Crippen LogP contribution >= 0.6 is 0 Å². The molecule has 5 nitrogen and oxygen atoms in total. The van der Waals surface area contributed by atoms with Gasteiger partial charge in [0.15, 0.2) is 0 Å². The van der Waals surface area contributed by atoms with Gasteiger partial charge in [0.25, 0.3) is 0 Å². The second kappa shape index (κ2) is 8.40. The molecule has 1 atom stereocenters. The third kappa shape index (κ3) is 4.77. The highest BCUT2D eigenvalue weighted by molar-refractivity contribution is 5.79. The fourth-order valence-electron chi connectivity index (χ4n) is 4.11. The Morgan fingerprint density at radius 1 is 1.19 bits per heavy atom. The maximum absolute atomic E-state index is 13.2. The number of morpholine rings is 1. The van der Waals surface area contributed by atoms with Crippen LogP contribution in [0.1, 0.15) is 51.1 Å². The van der Waals surface area contributed by atoms with Crippen LogP contribution in [0.4, 0.5) is 0 Å². The number of likely N-dealkylation sites (tertiary alicyclic amines) is 1. The molecule has 0 radical (unpaired) electrons. The summed E-state index contributed by atoms with van der Waals surface area (Å²) in [7, 11) is 1.68. The van der Waals surface area contributed by atoms with E-state index in [9.17, 15) is 4.79 Å². The molecular formula is C21H32N2O3. The van der Waals surface area contributed by atoms with Crippen LogP contribution in [0, 0.1) is 0 Å². The molecule has 0 saturated carbocycles. The summed E-state index contributed by atoms with van der Waals surface area (Å²) in [6.45, 7) is 7.85. The Hall–Kier alpha value is -1.59. The molecule has 2 aliphatic heterocycles. The minimum Gasteiger partial charge on any atom is -0.497 e. The quantitative estimate of drug-likeness (QED) is 0.827. The molecule has 0 aliphatic carbocycles. The van der Waals surface area contributed by atoms with Crippen molar-refractivity contribution in [3.05, 3.63) is 29.8 Å². The molecule has 1 amide bonds. The van der Waals surface area contributed by atoms with Crippen molar-refractivity contribution in [1.29, 1.82) is 0 Å². The second-order valence-electron chi connectivity index (χ2n) is 8.04. The third-order valence-corrected chi connectivity index (χ3v) is 5.44. The van der Waals surface area contributed by atoms with Crippen molar-refractivity contribution in [3.63, 3.8) is 0 Å². The molecule has 3 rings (SSSR count). The van der Waals surface area contributed by atoms with Crippen LogP contribution in [0.15, 0.2) is 24.3 Å². The summed E-state index contributed by atoms with van der Waals surface area (Å²) in [6, 6.07) is 8.37. The fourth-order valence-corrected chi connectivity index (χ4v) is 4.11. The Kier molecular flexibility index (Phi) is 6.20.